The summed E-state index contributed by atoms with van der Waals surface area (Å²) in [5, 5.41) is 0. The number of thiazole rings is 1. The number of carbonyl (C=O) groups excluding carboxylic acids is 2. The van der Waals surface area contributed by atoms with Gasteiger partial charge in [0.1, 0.15) is 6.04 Å². The molecular formula is C12H15N3O2S. The van der Waals surface area contributed by atoms with E-state index in [2.05, 4.69) is 4.98 Å². The second-order valence-corrected chi connectivity index (χ2v) is 5.69. The molecule has 0 saturated carbocycles. The number of nitrogens with zero attached hydrogens (tertiary/aromatic N) is 3. The van der Waals surface area contributed by atoms with Gasteiger partial charge in [-0.25, -0.2) is 0 Å². The lowest BCUT2D eigenvalue weighted by Crippen LogP contribution is -2.43. The Morgan fingerprint density at radius 3 is 3.06 bits per heavy atom. The number of rotatable bonds is 2. The molecule has 0 bridgehead atoms. The Balaban J connectivity index is 1.79. The largest absolute Gasteiger partial charge is 0.335 e. The lowest BCUT2D eigenvalue weighted by molar-refractivity contribution is -0.139. The van der Waals surface area contributed by atoms with Crippen LogP contribution in [-0.2, 0) is 16.1 Å². The summed E-state index contributed by atoms with van der Waals surface area (Å²) in [6.45, 7) is 1.85. The van der Waals surface area contributed by atoms with E-state index in [9.17, 15) is 9.59 Å². The molecular weight excluding hydrogens is 250 g/mol. The molecule has 2 fully saturated rings. The lowest BCUT2D eigenvalue weighted by atomic mass is 10.2. The zero-order valence-corrected chi connectivity index (χ0v) is 10.9. The van der Waals surface area contributed by atoms with Gasteiger partial charge in [-0.2, -0.15) is 0 Å². The van der Waals surface area contributed by atoms with Crippen LogP contribution in [0.15, 0.2) is 11.7 Å². The summed E-state index contributed by atoms with van der Waals surface area (Å²) < 4.78 is 0. The lowest BCUT2D eigenvalue weighted by Gasteiger charge is -2.24. The molecule has 2 amide bonds. The molecule has 1 aromatic heterocycles. The molecule has 1 aromatic rings. The van der Waals surface area contributed by atoms with E-state index in [4.69, 9.17) is 0 Å². The Morgan fingerprint density at radius 2 is 2.28 bits per heavy atom. The average molecular weight is 265 g/mol. The fraction of sp³-hybridized carbons (Fsp3) is 0.583. The van der Waals surface area contributed by atoms with Gasteiger partial charge in [0.25, 0.3) is 0 Å². The Morgan fingerprint density at radius 1 is 1.39 bits per heavy atom. The minimum absolute atomic E-state index is 0.103. The summed E-state index contributed by atoms with van der Waals surface area (Å²) in [6.07, 6.45) is 3.98. The highest BCUT2D eigenvalue weighted by Gasteiger charge is 2.39. The molecule has 0 aliphatic carbocycles. The van der Waals surface area contributed by atoms with Crippen molar-refractivity contribution >= 4 is 23.2 Å². The van der Waals surface area contributed by atoms with Crippen LogP contribution in [0.3, 0.4) is 0 Å². The molecule has 2 saturated heterocycles. The fourth-order valence-electron chi connectivity index (χ4n) is 2.68. The molecule has 96 valence electrons. The molecule has 6 heteroatoms. The van der Waals surface area contributed by atoms with Crippen LogP contribution < -0.4 is 0 Å². The van der Waals surface area contributed by atoms with Crippen LogP contribution in [-0.4, -0.2) is 45.7 Å². The second-order valence-electron chi connectivity index (χ2n) is 4.72. The molecule has 0 spiro atoms. The first-order chi connectivity index (χ1) is 8.75. The zero-order chi connectivity index (χ0) is 12.5. The molecule has 3 heterocycles. The molecule has 2 aliphatic rings. The summed E-state index contributed by atoms with van der Waals surface area (Å²) in [5.41, 5.74) is 1.77. The van der Waals surface area contributed by atoms with Crippen molar-refractivity contribution in [1.82, 2.24) is 14.8 Å². The minimum atomic E-state index is -0.215. The molecule has 3 rings (SSSR count). The Hall–Kier alpha value is -1.43. The normalized spacial score (nSPS) is 24.3. The third-order valence-electron chi connectivity index (χ3n) is 3.60. The van der Waals surface area contributed by atoms with Crippen molar-refractivity contribution in [2.24, 2.45) is 0 Å². The van der Waals surface area contributed by atoms with Gasteiger partial charge >= 0.3 is 0 Å². The van der Waals surface area contributed by atoms with Crippen molar-refractivity contribution in [2.45, 2.75) is 31.8 Å². The summed E-state index contributed by atoms with van der Waals surface area (Å²) in [7, 11) is 0. The Labute approximate surface area is 109 Å². The highest BCUT2D eigenvalue weighted by Crippen LogP contribution is 2.24. The predicted molar refractivity (Wildman–Crippen MR) is 66.9 cm³/mol. The highest BCUT2D eigenvalue weighted by molar-refractivity contribution is 7.09. The SMILES string of the molecule is O=C1C2CCCN2C(=O)CCN1Cc1cncs1. The van der Waals surface area contributed by atoms with Gasteiger partial charge in [-0.1, -0.05) is 0 Å². The van der Waals surface area contributed by atoms with Crippen molar-refractivity contribution < 1.29 is 9.59 Å². The number of amides is 2. The number of aromatic nitrogens is 1. The van der Waals surface area contributed by atoms with E-state index >= 15 is 0 Å². The standard InChI is InChI=1S/C12H15N3O2S/c16-11-3-5-14(7-9-6-13-8-18-9)12(17)10-2-1-4-15(10)11/h6,8,10H,1-5,7H2. The van der Waals surface area contributed by atoms with Crippen molar-refractivity contribution in [1.29, 1.82) is 0 Å². The van der Waals surface area contributed by atoms with Crippen molar-refractivity contribution in [3.63, 3.8) is 0 Å². The summed E-state index contributed by atoms with van der Waals surface area (Å²) >= 11 is 1.55. The van der Waals surface area contributed by atoms with E-state index in [0.29, 0.717) is 19.5 Å². The van der Waals surface area contributed by atoms with E-state index in [1.807, 2.05) is 0 Å². The maximum absolute atomic E-state index is 12.4. The predicted octanol–water partition coefficient (Wildman–Crippen LogP) is 0.866. The van der Waals surface area contributed by atoms with Crippen LogP contribution in [0.25, 0.3) is 0 Å². The van der Waals surface area contributed by atoms with Crippen molar-refractivity contribution in [2.75, 3.05) is 13.1 Å². The number of fused-ring (bicyclic) bond motifs is 1. The van der Waals surface area contributed by atoms with Crippen molar-refractivity contribution in [3.8, 4) is 0 Å². The second kappa shape index (κ2) is 4.68. The van der Waals surface area contributed by atoms with E-state index in [-0.39, 0.29) is 17.9 Å². The zero-order valence-electron chi connectivity index (χ0n) is 10.0. The van der Waals surface area contributed by atoms with Gasteiger partial charge in [0.2, 0.25) is 11.8 Å². The molecule has 1 atom stereocenters. The van der Waals surface area contributed by atoms with Crippen LogP contribution in [0.2, 0.25) is 0 Å². The molecule has 1 unspecified atom stereocenters. The van der Waals surface area contributed by atoms with Gasteiger partial charge in [-0.05, 0) is 12.8 Å². The minimum Gasteiger partial charge on any atom is -0.335 e. The van der Waals surface area contributed by atoms with Crippen LogP contribution in [0, 0.1) is 0 Å². The first kappa shape index (κ1) is 11.6. The summed E-state index contributed by atoms with van der Waals surface area (Å²) in [5.74, 6) is 0.226. The topological polar surface area (TPSA) is 53.5 Å². The van der Waals surface area contributed by atoms with Crippen LogP contribution in [0.5, 0.6) is 0 Å². The first-order valence-electron chi connectivity index (χ1n) is 6.21. The van der Waals surface area contributed by atoms with Gasteiger partial charge in [-0.3, -0.25) is 14.6 Å². The monoisotopic (exact) mass is 265 g/mol. The van der Waals surface area contributed by atoms with Gasteiger partial charge in [0.15, 0.2) is 0 Å². The third-order valence-corrected chi connectivity index (χ3v) is 4.36. The highest BCUT2D eigenvalue weighted by atomic mass is 32.1. The average Bonchev–Trinajstić information content (AvgIpc) is 3.01. The molecule has 18 heavy (non-hydrogen) atoms. The maximum Gasteiger partial charge on any atom is 0.245 e. The van der Waals surface area contributed by atoms with Crippen LogP contribution in [0.4, 0.5) is 0 Å². The summed E-state index contributed by atoms with van der Waals surface area (Å²) in [4.78, 5) is 33.0. The molecule has 0 aromatic carbocycles. The quantitative estimate of drug-likeness (QED) is 0.797. The third kappa shape index (κ3) is 2.01. The molecule has 0 N–H and O–H groups in total. The Bertz CT molecular complexity index is 460. The Kier molecular flexibility index (Phi) is 3.03. The molecule has 5 nitrogen and oxygen atoms in total. The summed E-state index contributed by atoms with van der Waals surface area (Å²) in [6, 6.07) is -0.215. The van der Waals surface area contributed by atoms with Crippen molar-refractivity contribution in [3.05, 3.63) is 16.6 Å². The van der Waals surface area contributed by atoms with E-state index in [1.165, 1.54) is 0 Å². The van der Waals surface area contributed by atoms with E-state index in [1.54, 1.807) is 32.8 Å². The van der Waals surface area contributed by atoms with E-state index < -0.39 is 0 Å². The van der Waals surface area contributed by atoms with Gasteiger partial charge in [-0.15, -0.1) is 11.3 Å². The van der Waals surface area contributed by atoms with Gasteiger partial charge in [0.05, 0.1) is 12.1 Å². The number of hydrogen-bond donors (Lipinski definition) is 0. The van der Waals surface area contributed by atoms with E-state index in [0.717, 1.165) is 24.3 Å². The van der Waals surface area contributed by atoms with Gasteiger partial charge < -0.3 is 9.80 Å². The number of hydrogen-bond acceptors (Lipinski definition) is 4. The molecule has 0 radical (unpaired) electrons. The molecule has 2 aliphatic heterocycles. The smallest absolute Gasteiger partial charge is 0.245 e. The van der Waals surface area contributed by atoms with Gasteiger partial charge in [0, 0.05) is 30.6 Å². The van der Waals surface area contributed by atoms with Crippen LogP contribution >= 0.6 is 11.3 Å². The fourth-order valence-corrected chi connectivity index (χ4v) is 3.29. The first-order valence-corrected chi connectivity index (χ1v) is 7.09. The van der Waals surface area contributed by atoms with Crippen LogP contribution in [0.1, 0.15) is 24.1 Å². The maximum atomic E-state index is 12.4. The number of carbonyl (C=O) groups is 2.